The van der Waals surface area contributed by atoms with Crippen molar-refractivity contribution in [3.05, 3.63) is 42.2 Å². The van der Waals surface area contributed by atoms with E-state index in [4.69, 9.17) is 4.74 Å². The van der Waals surface area contributed by atoms with Gasteiger partial charge in [0.25, 0.3) is 5.91 Å². The minimum Gasteiger partial charge on any atom is -0.493 e. The number of methoxy groups -OCH3 is 1. The van der Waals surface area contributed by atoms with Crippen LogP contribution in [-0.2, 0) is 0 Å². The van der Waals surface area contributed by atoms with Crippen LogP contribution in [0.15, 0.2) is 36.5 Å². The molecule has 1 aliphatic heterocycles. The van der Waals surface area contributed by atoms with Crippen LogP contribution < -0.4 is 10.1 Å². The number of benzene rings is 1. The van der Waals surface area contributed by atoms with Gasteiger partial charge >= 0.3 is 0 Å². The molecule has 0 radical (unpaired) electrons. The smallest absolute Gasteiger partial charge is 0.275 e. The minimum absolute atomic E-state index is 0.170. The number of carbonyl (C=O) groups is 1. The van der Waals surface area contributed by atoms with E-state index in [1.165, 1.54) is 12.8 Å². The lowest BCUT2D eigenvalue weighted by Gasteiger charge is -2.15. The maximum absolute atomic E-state index is 12.6. The van der Waals surface area contributed by atoms with Gasteiger partial charge in [-0.15, -0.1) is 0 Å². The van der Waals surface area contributed by atoms with Crippen molar-refractivity contribution >= 4 is 5.91 Å². The van der Waals surface area contributed by atoms with Crippen LogP contribution in [-0.4, -0.2) is 53.4 Å². The van der Waals surface area contributed by atoms with E-state index >= 15 is 0 Å². The maximum atomic E-state index is 12.6. The highest BCUT2D eigenvalue weighted by molar-refractivity contribution is 5.94. The first kappa shape index (κ1) is 16.1. The third-order valence-corrected chi connectivity index (χ3v) is 5.07. The van der Waals surface area contributed by atoms with Gasteiger partial charge in [-0.05, 0) is 43.9 Å². The Morgan fingerprint density at radius 1 is 1.28 bits per heavy atom. The van der Waals surface area contributed by atoms with Crippen LogP contribution >= 0.6 is 0 Å². The fourth-order valence-electron chi connectivity index (χ4n) is 3.50. The number of para-hydroxylation sites is 1. The first-order valence-electron chi connectivity index (χ1n) is 8.96. The molecule has 4 rings (SSSR count). The van der Waals surface area contributed by atoms with Crippen molar-refractivity contribution in [2.45, 2.75) is 25.3 Å². The van der Waals surface area contributed by atoms with Crippen molar-refractivity contribution in [1.82, 2.24) is 20.0 Å². The molecule has 6 nitrogen and oxygen atoms in total. The Balaban J connectivity index is 1.40. The van der Waals surface area contributed by atoms with Gasteiger partial charge in [-0.1, -0.05) is 18.2 Å². The second-order valence-corrected chi connectivity index (χ2v) is 6.92. The van der Waals surface area contributed by atoms with E-state index in [-0.39, 0.29) is 5.91 Å². The molecule has 132 valence electrons. The van der Waals surface area contributed by atoms with Crippen LogP contribution in [0.25, 0.3) is 5.69 Å². The number of hydrogen-bond donors (Lipinski definition) is 1. The van der Waals surface area contributed by atoms with E-state index in [2.05, 4.69) is 15.3 Å². The molecule has 2 aliphatic rings. The van der Waals surface area contributed by atoms with Crippen molar-refractivity contribution in [3.8, 4) is 11.4 Å². The number of ether oxygens (including phenoxy) is 1. The molecule has 0 spiro atoms. The Morgan fingerprint density at radius 2 is 2.08 bits per heavy atom. The number of nitrogens with one attached hydrogen (secondary N) is 1. The highest BCUT2D eigenvalue weighted by Gasteiger charge is 2.34. The summed E-state index contributed by atoms with van der Waals surface area (Å²) in [6, 6.07) is 10.5. The van der Waals surface area contributed by atoms with Crippen molar-refractivity contribution in [3.63, 3.8) is 0 Å². The van der Waals surface area contributed by atoms with Crippen LogP contribution in [0.2, 0.25) is 0 Å². The van der Waals surface area contributed by atoms with Gasteiger partial charge in [0.05, 0.1) is 19.0 Å². The lowest BCUT2D eigenvalue weighted by atomic mass is 10.1. The summed E-state index contributed by atoms with van der Waals surface area (Å²) in [4.78, 5) is 15.1. The van der Waals surface area contributed by atoms with Crippen LogP contribution in [0.3, 0.4) is 0 Å². The summed E-state index contributed by atoms with van der Waals surface area (Å²) in [6.45, 7) is 2.96. The second kappa shape index (κ2) is 6.88. The van der Waals surface area contributed by atoms with Gasteiger partial charge in [-0.2, -0.15) is 5.10 Å². The number of nitrogens with zero attached hydrogens (tertiary/aromatic N) is 3. The highest BCUT2D eigenvalue weighted by atomic mass is 16.5. The Labute approximate surface area is 147 Å². The summed E-state index contributed by atoms with van der Waals surface area (Å²) in [5.74, 6) is 0.857. The molecule has 1 saturated carbocycles. The zero-order chi connectivity index (χ0) is 17.2. The van der Waals surface area contributed by atoms with E-state index in [9.17, 15) is 4.79 Å². The summed E-state index contributed by atoms with van der Waals surface area (Å²) in [5.41, 5.74) is 1.24. The summed E-state index contributed by atoms with van der Waals surface area (Å²) in [7, 11) is 1.56. The lowest BCUT2D eigenvalue weighted by Crippen LogP contribution is -2.32. The van der Waals surface area contributed by atoms with E-state index < -0.39 is 0 Å². The number of amides is 1. The third kappa shape index (κ3) is 3.54. The zero-order valence-corrected chi connectivity index (χ0v) is 14.5. The molecule has 1 atom stereocenters. The summed E-state index contributed by atoms with van der Waals surface area (Å²) in [6.07, 6.45) is 5.58. The zero-order valence-electron chi connectivity index (χ0n) is 14.5. The average Bonchev–Trinajstić information content (AvgIpc) is 3.23. The monoisotopic (exact) mass is 340 g/mol. The largest absolute Gasteiger partial charge is 0.493 e. The molecule has 1 aliphatic carbocycles. The Bertz CT molecular complexity index is 739. The average molecular weight is 340 g/mol. The molecule has 2 fully saturated rings. The SMILES string of the molecule is COc1cn(-c2ccccc2)nc1C(=O)NC[C@H]1CCN(C2CC2)C1. The molecule has 2 heterocycles. The van der Waals surface area contributed by atoms with Gasteiger partial charge in [0.2, 0.25) is 0 Å². The summed E-state index contributed by atoms with van der Waals surface area (Å²) in [5, 5.41) is 7.46. The molecule has 1 saturated heterocycles. The Morgan fingerprint density at radius 3 is 2.80 bits per heavy atom. The molecule has 1 amide bonds. The first-order chi connectivity index (χ1) is 12.2. The van der Waals surface area contributed by atoms with E-state index in [0.29, 0.717) is 23.9 Å². The summed E-state index contributed by atoms with van der Waals surface area (Å²) >= 11 is 0. The second-order valence-electron chi connectivity index (χ2n) is 6.92. The number of rotatable bonds is 6. The molecule has 0 bridgehead atoms. The molecule has 25 heavy (non-hydrogen) atoms. The molecular weight excluding hydrogens is 316 g/mol. The molecule has 0 unspecified atom stereocenters. The van der Waals surface area contributed by atoms with Gasteiger partial charge in [0, 0.05) is 19.1 Å². The van der Waals surface area contributed by atoms with Crippen LogP contribution in [0.1, 0.15) is 29.8 Å². The van der Waals surface area contributed by atoms with E-state index in [1.54, 1.807) is 18.0 Å². The normalized spacial score (nSPS) is 20.6. The molecule has 2 aromatic rings. The van der Waals surface area contributed by atoms with Crippen LogP contribution in [0, 0.1) is 5.92 Å². The van der Waals surface area contributed by atoms with Crippen molar-refractivity contribution in [1.29, 1.82) is 0 Å². The van der Waals surface area contributed by atoms with Gasteiger partial charge < -0.3 is 15.0 Å². The molecule has 1 aromatic carbocycles. The van der Waals surface area contributed by atoms with Crippen molar-refractivity contribution in [2.75, 3.05) is 26.7 Å². The quantitative estimate of drug-likeness (QED) is 0.875. The fraction of sp³-hybridized carbons (Fsp3) is 0.474. The van der Waals surface area contributed by atoms with Crippen molar-refractivity contribution in [2.24, 2.45) is 5.92 Å². The standard InChI is InChI=1S/C19H24N4O2/c1-25-17-13-23(16-5-3-2-4-6-16)21-18(17)19(24)20-11-14-9-10-22(12-14)15-7-8-15/h2-6,13-15H,7-12H2,1H3,(H,20,24)/t14-/m1/s1. The van der Waals surface area contributed by atoms with Gasteiger partial charge in [-0.3, -0.25) is 4.79 Å². The van der Waals surface area contributed by atoms with Gasteiger partial charge in [0.1, 0.15) is 0 Å². The number of carbonyl (C=O) groups excluding carboxylic acids is 1. The predicted molar refractivity (Wildman–Crippen MR) is 95.2 cm³/mol. The summed E-state index contributed by atoms with van der Waals surface area (Å²) < 4.78 is 7.02. The highest BCUT2D eigenvalue weighted by Crippen LogP contribution is 2.31. The van der Waals surface area contributed by atoms with E-state index in [0.717, 1.165) is 31.2 Å². The Hall–Kier alpha value is -2.34. The van der Waals surface area contributed by atoms with Crippen molar-refractivity contribution < 1.29 is 9.53 Å². The number of aromatic nitrogens is 2. The predicted octanol–water partition coefficient (Wildman–Crippen LogP) is 2.09. The minimum atomic E-state index is -0.170. The molecule has 1 aromatic heterocycles. The number of hydrogen-bond acceptors (Lipinski definition) is 4. The third-order valence-electron chi connectivity index (χ3n) is 5.07. The Kier molecular flexibility index (Phi) is 4.44. The topological polar surface area (TPSA) is 59.4 Å². The maximum Gasteiger partial charge on any atom is 0.275 e. The molecular formula is C19H24N4O2. The van der Waals surface area contributed by atoms with Crippen LogP contribution in [0.5, 0.6) is 5.75 Å². The van der Waals surface area contributed by atoms with Crippen LogP contribution in [0.4, 0.5) is 0 Å². The first-order valence-corrected chi connectivity index (χ1v) is 8.96. The van der Waals surface area contributed by atoms with E-state index in [1.807, 2.05) is 30.3 Å². The van der Waals surface area contributed by atoms with Gasteiger partial charge in [0.15, 0.2) is 11.4 Å². The molecule has 1 N–H and O–H groups in total. The lowest BCUT2D eigenvalue weighted by molar-refractivity contribution is 0.0939. The molecule has 6 heteroatoms. The van der Waals surface area contributed by atoms with Gasteiger partial charge in [-0.25, -0.2) is 4.68 Å². The number of likely N-dealkylation sites (tertiary alicyclic amines) is 1. The fourth-order valence-corrected chi connectivity index (χ4v) is 3.50.